The maximum absolute atomic E-state index is 6.51. The van der Waals surface area contributed by atoms with E-state index in [-0.39, 0.29) is 0 Å². The van der Waals surface area contributed by atoms with E-state index in [0.29, 0.717) is 22.4 Å². The minimum Gasteiger partial charge on any atom is -0.495 e. The lowest BCUT2D eigenvalue weighted by Crippen LogP contribution is -2.24. The zero-order chi connectivity index (χ0) is 20.3. The van der Waals surface area contributed by atoms with Crippen molar-refractivity contribution in [1.82, 2.24) is 9.88 Å². The largest absolute Gasteiger partial charge is 0.495 e. The van der Waals surface area contributed by atoms with Gasteiger partial charge in [-0.2, -0.15) is 0 Å². The molecule has 1 aromatic heterocycles. The summed E-state index contributed by atoms with van der Waals surface area (Å²) in [7, 11) is 1.65. The van der Waals surface area contributed by atoms with Crippen LogP contribution in [0, 0.1) is 0 Å². The SMILES string of the molecule is CCN(CC)CCCC(C)c1c2ccc(Cl)cc2nc2ccc(OC)c(N)c12. The van der Waals surface area contributed by atoms with Crippen molar-refractivity contribution in [1.29, 1.82) is 0 Å². The van der Waals surface area contributed by atoms with Gasteiger partial charge in [-0.15, -0.1) is 0 Å². The van der Waals surface area contributed by atoms with Crippen LogP contribution in [0.4, 0.5) is 5.69 Å². The number of methoxy groups -OCH3 is 1. The van der Waals surface area contributed by atoms with E-state index in [1.54, 1.807) is 7.11 Å². The van der Waals surface area contributed by atoms with Crippen LogP contribution in [0.1, 0.15) is 45.1 Å². The van der Waals surface area contributed by atoms with Crippen molar-refractivity contribution in [3.05, 3.63) is 40.9 Å². The number of fused-ring (bicyclic) bond motifs is 2. The molecule has 0 spiro atoms. The molecule has 28 heavy (non-hydrogen) atoms. The molecule has 3 aromatic rings. The molecule has 0 fully saturated rings. The second kappa shape index (κ2) is 8.97. The molecule has 1 unspecified atom stereocenters. The molecule has 0 amide bonds. The van der Waals surface area contributed by atoms with Crippen molar-refractivity contribution >= 4 is 39.1 Å². The van der Waals surface area contributed by atoms with Crippen molar-refractivity contribution in [2.75, 3.05) is 32.5 Å². The van der Waals surface area contributed by atoms with Crippen LogP contribution in [0.3, 0.4) is 0 Å². The van der Waals surface area contributed by atoms with Gasteiger partial charge in [-0.1, -0.05) is 38.4 Å². The molecule has 5 heteroatoms. The summed E-state index contributed by atoms with van der Waals surface area (Å²) in [6.45, 7) is 10.0. The third-order valence-corrected chi connectivity index (χ3v) is 5.90. The van der Waals surface area contributed by atoms with Gasteiger partial charge in [0.25, 0.3) is 0 Å². The fraction of sp³-hybridized carbons (Fsp3) is 0.435. The molecule has 4 nitrogen and oxygen atoms in total. The lowest BCUT2D eigenvalue weighted by molar-refractivity contribution is 0.294. The summed E-state index contributed by atoms with van der Waals surface area (Å²) in [6, 6.07) is 9.80. The first kappa shape index (κ1) is 20.7. The van der Waals surface area contributed by atoms with E-state index < -0.39 is 0 Å². The number of halogens is 1. The third-order valence-electron chi connectivity index (χ3n) is 5.66. The molecule has 0 aliphatic carbocycles. The van der Waals surface area contributed by atoms with Crippen molar-refractivity contribution in [3.8, 4) is 5.75 Å². The van der Waals surface area contributed by atoms with Crippen molar-refractivity contribution in [2.45, 2.75) is 39.5 Å². The molecule has 150 valence electrons. The molecule has 2 aromatic carbocycles. The molecule has 0 saturated heterocycles. The van der Waals surface area contributed by atoms with Crippen molar-refractivity contribution in [3.63, 3.8) is 0 Å². The summed E-state index contributed by atoms with van der Waals surface area (Å²) in [5.74, 6) is 1.04. The topological polar surface area (TPSA) is 51.4 Å². The first-order chi connectivity index (χ1) is 13.5. The summed E-state index contributed by atoms with van der Waals surface area (Å²) >= 11 is 6.24. The summed E-state index contributed by atoms with van der Waals surface area (Å²) in [5.41, 5.74) is 10.2. The van der Waals surface area contributed by atoms with Crippen LogP contribution in [0.15, 0.2) is 30.3 Å². The highest BCUT2D eigenvalue weighted by Gasteiger charge is 2.19. The Kier molecular flexibility index (Phi) is 6.63. The van der Waals surface area contributed by atoms with Gasteiger partial charge in [0.2, 0.25) is 0 Å². The predicted octanol–water partition coefficient (Wildman–Crippen LogP) is 5.86. The van der Waals surface area contributed by atoms with Gasteiger partial charge in [0.15, 0.2) is 0 Å². The molecule has 3 rings (SSSR count). The van der Waals surface area contributed by atoms with E-state index in [1.165, 1.54) is 5.56 Å². The number of benzene rings is 2. The van der Waals surface area contributed by atoms with Crippen molar-refractivity contribution in [2.24, 2.45) is 0 Å². The van der Waals surface area contributed by atoms with E-state index in [4.69, 9.17) is 27.1 Å². The number of nitrogens with two attached hydrogens (primary N) is 1. The zero-order valence-electron chi connectivity index (χ0n) is 17.3. The predicted molar refractivity (Wildman–Crippen MR) is 121 cm³/mol. The minimum atomic E-state index is 0.346. The second-order valence-corrected chi connectivity index (χ2v) is 7.77. The van der Waals surface area contributed by atoms with Gasteiger partial charge in [-0.05, 0) is 68.2 Å². The van der Waals surface area contributed by atoms with Crippen LogP contribution < -0.4 is 10.5 Å². The smallest absolute Gasteiger partial charge is 0.142 e. The zero-order valence-corrected chi connectivity index (χ0v) is 18.0. The highest BCUT2D eigenvalue weighted by Crippen LogP contribution is 2.40. The number of nitrogen functional groups attached to an aromatic ring is 1. The first-order valence-corrected chi connectivity index (χ1v) is 10.5. The van der Waals surface area contributed by atoms with E-state index in [2.05, 4.69) is 31.7 Å². The Morgan fingerprint density at radius 2 is 1.89 bits per heavy atom. The molecular formula is C23H30ClN3O. The fourth-order valence-electron chi connectivity index (χ4n) is 4.05. The maximum atomic E-state index is 6.51. The summed E-state index contributed by atoms with van der Waals surface area (Å²) in [5, 5.41) is 2.82. The Morgan fingerprint density at radius 3 is 2.57 bits per heavy atom. The lowest BCUT2D eigenvalue weighted by Gasteiger charge is -2.22. The number of hydrogen-bond acceptors (Lipinski definition) is 4. The van der Waals surface area contributed by atoms with E-state index in [0.717, 1.165) is 54.3 Å². The van der Waals surface area contributed by atoms with Crippen LogP contribution in [0.2, 0.25) is 5.02 Å². The molecule has 1 atom stereocenters. The first-order valence-electron chi connectivity index (χ1n) is 10.1. The van der Waals surface area contributed by atoms with Crippen LogP contribution in [-0.4, -0.2) is 36.6 Å². The van der Waals surface area contributed by atoms with E-state index >= 15 is 0 Å². The molecule has 0 aliphatic heterocycles. The number of pyridine rings is 1. The van der Waals surface area contributed by atoms with Crippen LogP contribution in [0.25, 0.3) is 21.8 Å². The Morgan fingerprint density at radius 1 is 1.14 bits per heavy atom. The molecule has 2 N–H and O–H groups in total. The van der Waals surface area contributed by atoms with E-state index in [1.807, 2.05) is 24.3 Å². The average molecular weight is 400 g/mol. The van der Waals surface area contributed by atoms with Gasteiger partial charge in [0.1, 0.15) is 5.75 Å². The van der Waals surface area contributed by atoms with Gasteiger partial charge in [-0.3, -0.25) is 0 Å². The Labute approximate surface area is 172 Å². The van der Waals surface area contributed by atoms with Crippen LogP contribution in [0.5, 0.6) is 5.75 Å². The van der Waals surface area contributed by atoms with Gasteiger partial charge in [0, 0.05) is 15.8 Å². The number of ether oxygens (including phenoxy) is 1. The molecular weight excluding hydrogens is 370 g/mol. The molecule has 0 aliphatic rings. The minimum absolute atomic E-state index is 0.346. The van der Waals surface area contributed by atoms with Gasteiger partial charge >= 0.3 is 0 Å². The van der Waals surface area contributed by atoms with Crippen molar-refractivity contribution < 1.29 is 4.74 Å². The maximum Gasteiger partial charge on any atom is 0.142 e. The highest BCUT2D eigenvalue weighted by molar-refractivity contribution is 6.31. The monoisotopic (exact) mass is 399 g/mol. The quantitative estimate of drug-likeness (QED) is 0.381. The molecule has 0 saturated carbocycles. The summed E-state index contributed by atoms with van der Waals surface area (Å²) in [6.07, 6.45) is 2.23. The summed E-state index contributed by atoms with van der Waals surface area (Å²) in [4.78, 5) is 7.29. The highest BCUT2D eigenvalue weighted by atomic mass is 35.5. The fourth-order valence-corrected chi connectivity index (χ4v) is 4.22. The number of nitrogens with zero attached hydrogens (tertiary/aromatic N) is 2. The third kappa shape index (κ3) is 4.03. The Balaban J connectivity index is 2.10. The molecule has 0 radical (unpaired) electrons. The number of rotatable bonds is 8. The van der Waals surface area contributed by atoms with Crippen LogP contribution >= 0.6 is 11.6 Å². The molecule has 0 bridgehead atoms. The average Bonchev–Trinajstić information content (AvgIpc) is 2.69. The van der Waals surface area contributed by atoms with Gasteiger partial charge in [0.05, 0.1) is 23.8 Å². The normalized spacial score (nSPS) is 12.8. The second-order valence-electron chi connectivity index (χ2n) is 7.33. The summed E-state index contributed by atoms with van der Waals surface area (Å²) < 4.78 is 5.48. The number of aromatic nitrogens is 1. The van der Waals surface area contributed by atoms with Gasteiger partial charge < -0.3 is 15.4 Å². The standard InChI is InChI=1S/C23H30ClN3O/c1-5-27(6-2)13-7-8-15(3)21-17-10-9-16(24)14-19(17)26-18-11-12-20(28-4)23(25)22(18)21/h9-12,14-15H,5-8,13,25H2,1-4H3. The molecule has 1 heterocycles. The Bertz CT molecular complexity index is 969. The Hall–Kier alpha value is -2.04. The number of hydrogen-bond donors (Lipinski definition) is 1. The number of anilines is 1. The van der Waals surface area contributed by atoms with Gasteiger partial charge in [-0.25, -0.2) is 4.98 Å². The lowest BCUT2D eigenvalue weighted by atomic mass is 9.88. The van der Waals surface area contributed by atoms with Crippen LogP contribution in [-0.2, 0) is 0 Å². The van der Waals surface area contributed by atoms with E-state index in [9.17, 15) is 0 Å².